The Balaban J connectivity index is 1.93. The average molecular weight is 454 g/mol. The van der Waals surface area contributed by atoms with Gasteiger partial charge in [-0.3, -0.25) is 10.3 Å². The highest BCUT2D eigenvalue weighted by molar-refractivity contribution is 6.34. The van der Waals surface area contributed by atoms with Gasteiger partial charge < -0.3 is 5.11 Å². The van der Waals surface area contributed by atoms with Gasteiger partial charge in [-0.1, -0.05) is 53.5 Å². The molecule has 1 unspecified atom stereocenters. The number of benzene rings is 3. The SMILES string of the molecule is O=C(O)c1cccc2c(C3=CC(c4cc(Cl)cc(Cl)c4)(C(F)(F)F)ON3)cccc12. The van der Waals surface area contributed by atoms with Gasteiger partial charge in [-0.15, -0.1) is 0 Å². The van der Waals surface area contributed by atoms with Crippen LogP contribution in [0.4, 0.5) is 13.2 Å². The summed E-state index contributed by atoms with van der Waals surface area (Å²) < 4.78 is 42.5. The highest BCUT2D eigenvalue weighted by Crippen LogP contribution is 2.48. The van der Waals surface area contributed by atoms with E-state index in [0.717, 1.165) is 18.2 Å². The standard InChI is InChI=1S/C21H12Cl2F3NO3/c22-12-7-11(8-13(23)9-12)20(21(24,25)26)10-18(27-30-20)16-5-1-4-15-14(16)3-2-6-17(15)19(28)29/h1-10,27H,(H,28,29). The van der Waals surface area contributed by atoms with E-state index < -0.39 is 17.7 Å². The maximum Gasteiger partial charge on any atom is 0.428 e. The van der Waals surface area contributed by atoms with Crippen molar-refractivity contribution >= 4 is 45.6 Å². The third-order valence-corrected chi connectivity index (χ3v) is 5.26. The fourth-order valence-corrected chi connectivity index (χ4v) is 4.00. The summed E-state index contributed by atoms with van der Waals surface area (Å²) in [6, 6.07) is 12.9. The van der Waals surface area contributed by atoms with E-state index in [0.29, 0.717) is 16.3 Å². The van der Waals surface area contributed by atoms with Gasteiger partial charge in [0.15, 0.2) is 0 Å². The zero-order valence-corrected chi connectivity index (χ0v) is 16.4. The third kappa shape index (κ3) is 3.29. The van der Waals surface area contributed by atoms with E-state index in [-0.39, 0.29) is 26.9 Å². The molecule has 4 rings (SSSR count). The fraction of sp³-hybridized carbons (Fsp3) is 0.0952. The van der Waals surface area contributed by atoms with E-state index in [1.165, 1.54) is 18.2 Å². The van der Waals surface area contributed by atoms with Crippen LogP contribution in [-0.4, -0.2) is 17.3 Å². The van der Waals surface area contributed by atoms with Gasteiger partial charge in [-0.05, 0) is 41.1 Å². The van der Waals surface area contributed by atoms with E-state index in [9.17, 15) is 23.1 Å². The Morgan fingerprint density at radius 2 is 1.63 bits per heavy atom. The molecule has 0 saturated carbocycles. The summed E-state index contributed by atoms with van der Waals surface area (Å²) in [7, 11) is 0. The van der Waals surface area contributed by atoms with Crippen LogP contribution in [0.15, 0.2) is 60.7 Å². The minimum Gasteiger partial charge on any atom is -0.478 e. The lowest BCUT2D eigenvalue weighted by molar-refractivity contribution is -0.269. The summed E-state index contributed by atoms with van der Waals surface area (Å²) in [5, 5.41) is 10.3. The van der Waals surface area contributed by atoms with Crippen LogP contribution in [0, 0.1) is 0 Å². The van der Waals surface area contributed by atoms with Gasteiger partial charge in [0.2, 0.25) is 5.60 Å². The van der Waals surface area contributed by atoms with Gasteiger partial charge in [0.25, 0.3) is 0 Å². The second-order valence-electron chi connectivity index (χ2n) is 6.67. The van der Waals surface area contributed by atoms with Crippen LogP contribution in [0.3, 0.4) is 0 Å². The molecule has 1 atom stereocenters. The molecule has 1 heterocycles. The molecular weight excluding hydrogens is 442 g/mol. The molecule has 2 N–H and O–H groups in total. The molecule has 9 heteroatoms. The van der Waals surface area contributed by atoms with Crippen LogP contribution in [-0.2, 0) is 10.4 Å². The molecule has 3 aromatic carbocycles. The first-order valence-electron chi connectivity index (χ1n) is 8.58. The Morgan fingerprint density at radius 3 is 2.27 bits per heavy atom. The summed E-state index contributed by atoms with van der Waals surface area (Å²) in [4.78, 5) is 16.6. The Labute approximate surface area is 178 Å². The van der Waals surface area contributed by atoms with Crippen molar-refractivity contribution in [2.45, 2.75) is 11.8 Å². The monoisotopic (exact) mass is 453 g/mol. The number of hydroxylamine groups is 1. The number of carboxylic acid groups (broad SMARTS) is 1. The molecule has 0 aromatic heterocycles. The Bertz CT molecular complexity index is 1190. The first-order valence-corrected chi connectivity index (χ1v) is 9.33. The molecule has 154 valence electrons. The summed E-state index contributed by atoms with van der Waals surface area (Å²) in [6.45, 7) is 0. The van der Waals surface area contributed by atoms with Crippen molar-refractivity contribution in [1.29, 1.82) is 0 Å². The molecule has 0 radical (unpaired) electrons. The van der Waals surface area contributed by atoms with E-state index in [1.54, 1.807) is 24.3 Å². The number of rotatable bonds is 3. The summed E-state index contributed by atoms with van der Waals surface area (Å²) in [6.07, 6.45) is -3.94. The predicted octanol–water partition coefficient (Wildman–Crippen LogP) is 6.18. The lowest BCUT2D eigenvalue weighted by atomic mass is 9.90. The van der Waals surface area contributed by atoms with E-state index >= 15 is 0 Å². The summed E-state index contributed by atoms with van der Waals surface area (Å²) in [5.74, 6) is -1.14. The number of hydrogen-bond donors (Lipinski definition) is 2. The summed E-state index contributed by atoms with van der Waals surface area (Å²) >= 11 is 11.8. The molecule has 1 aliphatic heterocycles. The molecule has 4 nitrogen and oxygen atoms in total. The molecule has 0 saturated heterocycles. The molecule has 0 spiro atoms. The Hall–Kier alpha value is -2.74. The molecule has 0 aliphatic carbocycles. The summed E-state index contributed by atoms with van der Waals surface area (Å²) in [5.41, 5.74) is -0.330. The van der Waals surface area contributed by atoms with Crippen LogP contribution in [0.2, 0.25) is 10.0 Å². The number of aromatic carboxylic acids is 1. The second kappa shape index (κ2) is 7.19. The van der Waals surface area contributed by atoms with Crippen LogP contribution in [0.1, 0.15) is 21.5 Å². The molecule has 0 fully saturated rings. The quantitative estimate of drug-likeness (QED) is 0.497. The van der Waals surface area contributed by atoms with Gasteiger partial charge in [0, 0.05) is 21.2 Å². The van der Waals surface area contributed by atoms with E-state index in [4.69, 9.17) is 28.0 Å². The van der Waals surface area contributed by atoms with Crippen molar-refractivity contribution in [1.82, 2.24) is 5.48 Å². The second-order valence-corrected chi connectivity index (χ2v) is 7.54. The smallest absolute Gasteiger partial charge is 0.428 e. The molecular formula is C21H12Cl2F3NO3. The first-order chi connectivity index (χ1) is 14.1. The number of carboxylic acids is 1. The minimum absolute atomic E-state index is 0.0304. The normalized spacial score (nSPS) is 18.9. The van der Waals surface area contributed by atoms with Crippen LogP contribution >= 0.6 is 23.2 Å². The van der Waals surface area contributed by atoms with Crippen molar-refractivity contribution < 1.29 is 27.9 Å². The fourth-order valence-electron chi connectivity index (χ4n) is 3.48. The van der Waals surface area contributed by atoms with E-state index in [2.05, 4.69) is 5.48 Å². The van der Waals surface area contributed by atoms with Crippen molar-refractivity contribution in [2.24, 2.45) is 0 Å². The third-order valence-electron chi connectivity index (χ3n) is 4.82. The van der Waals surface area contributed by atoms with Crippen molar-refractivity contribution in [3.05, 3.63) is 87.4 Å². The lowest BCUT2D eigenvalue weighted by Gasteiger charge is -2.28. The number of halogens is 5. The molecule has 0 amide bonds. The van der Waals surface area contributed by atoms with Crippen molar-refractivity contribution in [3.8, 4) is 0 Å². The maximum atomic E-state index is 14.2. The van der Waals surface area contributed by atoms with Gasteiger partial charge in [0.05, 0.1) is 11.3 Å². The Morgan fingerprint density at radius 1 is 1.00 bits per heavy atom. The number of carbonyl (C=O) groups is 1. The van der Waals surface area contributed by atoms with Gasteiger partial charge in [-0.25, -0.2) is 4.79 Å². The van der Waals surface area contributed by atoms with Crippen molar-refractivity contribution in [3.63, 3.8) is 0 Å². The molecule has 30 heavy (non-hydrogen) atoms. The Kier molecular flexibility index (Phi) is 4.92. The predicted molar refractivity (Wildman–Crippen MR) is 107 cm³/mol. The first kappa shape index (κ1) is 20.5. The molecule has 0 bridgehead atoms. The van der Waals surface area contributed by atoms with Crippen molar-refractivity contribution in [2.75, 3.05) is 0 Å². The largest absolute Gasteiger partial charge is 0.478 e. The van der Waals surface area contributed by atoms with Gasteiger partial charge in [-0.2, -0.15) is 13.2 Å². The van der Waals surface area contributed by atoms with Crippen LogP contribution in [0.25, 0.3) is 16.5 Å². The lowest BCUT2D eigenvalue weighted by Crippen LogP contribution is -2.42. The number of fused-ring (bicyclic) bond motifs is 1. The maximum absolute atomic E-state index is 14.2. The minimum atomic E-state index is -4.84. The average Bonchev–Trinajstić information content (AvgIpc) is 3.13. The molecule has 1 aliphatic rings. The number of nitrogens with one attached hydrogen (secondary N) is 1. The number of alkyl halides is 3. The number of hydrogen-bond acceptors (Lipinski definition) is 3. The van der Waals surface area contributed by atoms with Crippen LogP contribution in [0.5, 0.6) is 0 Å². The van der Waals surface area contributed by atoms with E-state index in [1.807, 2.05) is 0 Å². The zero-order valence-electron chi connectivity index (χ0n) is 14.9. The topological polar surface area (TPSA) is 58.6 Å². The van der Waals surface area contributed by atoms with Crippen LogP contribution < -0.4 is 5.48 Å². The van der Waals surface area contributed by atoms with Gasteiger partial charge in [0.1, 0.15) is 0 Å². The molecule has 3 aromatic rings. The zero-order chi connectivity index (χ0) is 21.7. The highest BCUT2D eigenvalue weighted by Gasteiger charge is 2.59. The van der Waals surface area contributed by atoms with Gasteiger partial charge >= 0.3 is 12.1 Å². The highest BCUT2D eigenvalue weighted by atomic mass is 35.5.